The lowest BCUT2D eigenvalue weighted by Crippen LogP contribution is -2.09. The van der Waals surface area contributed by atoms with E-state index in [0.717, 1.165) is 10.1 Å². The van der Waals surface area contributed by atoms with E-state index < -0.39 is 12.5 Å². The molecular formula is C20H18F2N2O3. The van der Waals surface area contributed by atoms with Crippen molar-refractivity contribution in [2.24, 2.45) is 0 Å². The smallest absolute Gasteiger partial charge is 0.331 e. The van der Waals surface area contributed by atoms with Crippen molar-refractivity contribution in [3.63, 3.8) is 0 Å². The number of esters is 1. The molecule has 0 unspecified atom stereocenters. The van der Waals surface area contributed by atoms with E-state index in [1.165, 1.54) is 6.08 Å². The molecule has 0 radical (unpaired) electrons. The molecule has 3 rings (SSSR count). The minimum absolute atomic E-state index is 0.0114. The summed E-state index contributed by atoms with van der Waals surface area (Å²) >= 11 is 0. The number of halogens is 2. The maximum Gasteiger partial charge on any atom is 0.331 e. The van der Waals surface area contributed by atoms with Crippen LogP contribution in [0.4, 0.5) is 8.78 Å². The SMILES string of the molecule is CCOc1ccccc1/C=C/C(=O)OCc1nc2ccccc2n1C(F)F. The van der Waals surface area contributed by atoms with Crippen LogP contribution in [0.5, 0.6) is 5.75 Å². The highest BCUT2D eigenvalue weighted by atomic mass is 19.3. The van der Waals surface area contributed by atoms with Crippen LogP contribution in [0.1, 0.15) is 24.9 Å². The molecule has 3 aromatic rings. The van der Waals surface area contributed by atoms with Gasteiger partial charge in [0.25, 0.3) is 0 Å². The van der Waals surface area contributed by atoms with Crippen LogP contribution < -0.4 is 4.74 Å². The van der Waals surface area contributed by atoms with Gasteiger partial charge < -0.3 is 9.47 Å². The number of imidazole rings is 1. The second kappa shape index (κ2) is 8.44. The van der Waals surface area contributed by atoms with E-state index in [-0.39, 0.29) is 12.4 Å². The molecule has 2 aromatic carbocycles. The Balaban J connectivity index is 1.71. The number of hydrogen-bond donors (Lipinski definition) is 0. The predicted octanol–water partition coefficient (Wildman–Crippen LogP) is 4.59. The average molecular weight is 372 g/mol. The van der Waals surface area contributed by atoms with E-state index in [4.69, 9.17) is 9.47 Å². The largest absolute Gasteiger partial charge is 0.493 e. The molecule has 0 atom stereocenters. The third-order valence-electron chi connectivity index (χ3n) is 3.83. The van der Waals surface area contributed by atoms with Crippen molar-refractivity contribution in [2.75, 3.05) is 6.61 Å². The van der Waals surface area contributed by atoms with Gasteiger partial charge in [-0.2, -0.15) is 8.78 Å². The van der Waals surface area contributed by atoms with Gasteiger partial charge in [0, 0.05) is 11.6 Å². The van der Waals surface area contributed by atoms with E-state index in [2.05, 4.69) is 4.98 Å². The Hall–Kier alpha value is -3.22. The first-order valence-corrected chi connectivity index (χ1v) is 8.40. The van der Waals surface area contributed by atoms with Crippen molar-refractivity contribution >= 4 is 23.1 Å². The molecule has 1 aromatic heterocycles. The van der Waals surface area contributed by atoms with Gasteiger partial charge in [0.2, 0.25) is 0 Å². The second-order valence-electron chi connectivity index (χ2n) is 5.58. The molecule has 0 saturated carbocycles. The summed E-state index contributed by atoms with van der Waals surface area (Å²) in [5.74, 6) is -0.0274. The number of carbonyl (C=O) groups is 1. The van der Waals surface area contributed by atoms with Gasteiger partial charge in [-0.25, -0.2) is 9.78 Å². The Bertz CT molecular complexity index is 967. The summed E-state index contributed by atoms with van der Waals surface area (Å²) in [6.07, 6.45) is 2.79. The van der Waals surface area contributed by atoms with Gasteiger partial charge in [-0.05, 0) is 31.2 Å². The Morgan fingerprint density at radius 1 is 1.19 bits per heavy atom. The second-order valence-corrected chi connectivity index (χ2v) is 5.58. The molecular weight excluding hydrogens is 354 g/mol. The first kappa shape index (κ1) is 18.6. The van der Waals surface area contributed by atoms with Gasteiger partial charge in [0.05, 0.1) is 17.6 Å². The van der Waals surface area contributed by atoms with E-state index in [9.17, 15) is 13.6 Å². The molecule has 0 aliphatic carbocycles. The van der Waals surface area contributed by atoms with E-state index in [1.54, 1.807) is 42.5 Å². The highest BCUT2D eigenvalue weighted by Gasteiger charge is 2.18. The van der Waals surface area contributed by atoms with Crippen molar-refractivity contribution in [2.45, 2.75) is 20.1 Å². The van der Waals surface area contributed by atoms with Crippen molar-refractivity contribution in [1.29, 1.82) is 0 Å². The number of carbonyl (C=O) groups excluding carboxylic acids is 1. The van der Waals surface area contributed by atoms with Gasteiger partial charge in [-0.1, -0.05) is 30.3 Å². The van der Waals surface area contributed by atoms with Gasteiger partial charge in [0.1, 0.15) is 12.4 Å². The van der Waals surface area contributed by atoms with Crippen molar-refractivity contribution in [1.82, 2.24) is 9.55 Å². The number of benzene rings is 2. The zero-order chi connectivity index (χ0) is 19.2. The lowest BCUT2D eigenvalue weighted by Gasteiger charge is -2.08. The van der Waals surface area contributed by atoms with Crippen LogP contribution in [0.2, 0.25) is 0 Å². The summed E-state index contributed by atoms with van der Waals surface area (Å²) in [5.41, 5.74) is 1.43. The molecule has 0 bridgehead atoms. The maximum absolute atomic E-state index is 13.4. The third kappa shape index (κ3) is 4.31. The Kier molecular flexibility index (Phi) is 5.80. The van der Waals surface area contributed by atoms with E-state index in [1.807, 2.05) is 19.1 Å². The lowest BCUT2D eigenvalue weighted by atomic mass is 10.2. The van der Waals surface area contributed by atoms with Crippen LogP contribution in [0, 0.1) is 0 Å². The molecule has 0 amide bonds. The fourth-order valence-electron chi connectivity index (χ4n) is 2.66. The summed E-state index contributed by atoms with van der Waals surface area (Å²) in [4.78, 5) is 16.1. The zero-order valence-corrected chi connectivity index (χ0v) is 14.6. The van der Waals surface area contributed by atoms with E-state index in [0.29, 0.717) is 23.4 Å². The molecule has 5 nitrogen and oxygen atoms in total. The van der Waals surface area contributed by atoms with Gasteiger partial charge in [-0.15, -0.1) is 0 Å². The fraction of sp³-hybridized carbons (Fsp3) is 0.200. The van der Waals surface area contributed by atoms with Crippen LogP contribution in [-0.2, 0) is 16.1 Å². The first-order chi connectivity index (χ1) is 13.1. The van der Waals surface area contributed by atoms with Gasteiger partial charge in [0.15, 0.2) is 5.82 Å². The minimum Gasteiger partial charge on any atom is -0.493 e. The number of ether oxygens (including phenoxy) is 2. The summed E-state index contributed by atoms with van der Waals surface area (Å²) in [5, 5.41) is 0. The summed E-state index contributed by atoms with van der Waals surface area (Å²) in [7, 11) is 0. The quantitative estimate of drug-likeness (QED) is 0.450. The Morgan fingerprint density at radius 2 is 1.93 bits per heavy atom. The minimum atomic E-state index is -2.78. The molecule has 0 fully saturated rings. The van der Waals surface area contributed by atoms with E-state index >= 15 is 0 Å². The van der Waals surface area contributed by atoms with Crippen LogP contribution in [0.15, 0.2) is 54.6 Å². The third-order valence-corrected chi connectivity index (χ3v) is 3.83. The van der Waals surface area contributed by atoms with Crippen molar-refractivity contribution in [3.05, 3.63) is 66.0 Å². The molecule has 0 spiro atoms. The molecule has 140 valence electrons. The summed E-state index contributed by atoms with van der Waals surface area (Å²) < 4.78 is 38.0. The predicted molar refractivity (Wildman–Crippen MR) is 97.4 cm³/mol. The zero-order valence-electron chi connectivity index (χ0n) is 14.6. The number of nitrogens with zero attached hydrogens (tertiary/aromatic N) is 2. The van der Waals surface area contributed by atoms with Crippen molar-refractivity contribution in [3.8, 4) is 5.75 Å². The van der Waals surface area contributed by atoms with Crippen LogP contribution in [0.3, 0.4) is 0 Å². The van der Waals surface area contributed by atoms with Crippen molar-refractivity contribution < 1.29 is 23.0 Å². The highest BCUT2D eigenvalue weighted by Crippen LogP contribution is 2.23. The van der Waals surface area contributed by atoms with Crippen LogP contribution >= 0.6 is 0 Å². The molecule has 27 heavy (non-hydrogen) atoms. The average Bonchev–Trinajstić information content (AvgIpc) is 3.04. The molecule has 0 saturated heterocycles. The number of alkyl halides is 2. The lowest BCUT2D eigenvalue weighted by molar-refractivity contribution is -0.139. The van der Waals surface area contributed by atoms with Gasteiger partial charge >= 0.3 is 12.5 Å². The number of hydrogen-bond acceptors (Lipinski definition) is 4. The molecule has 0 aliphatic rings. The van der Waals surface area contributed by atoms with Crippen LogP contribution in [0.25, 0.3) is 17.1 Å². The number of fused-ring (bicyclic) bond motifs is 1. The van der Waals surface area contributed by atoms with Gasteiger partial charge in [-0.3, -0.25) is 4.57 Å². The maximum atomic E-state index is 13.4. The van der Waals surface area contributed by atoms with Crippen LogP contribution in [-0.4, -0.2) is 22.1 Å². The molecule has 7 heteroatoms. The highest BCUT2D eigenvalue weighted by molar-refractivity contribution is 5.87. The first-order valence-electron chi connectivity index (χ1n) is 8.40. The normalized spacial score (nSPS) is 11.4. The Labute approximate surface area is 154 Å². The molecule has 1 heterocycles. The number of rotatable bonds is 7. The molecule has 0 aliphatic heterocycles. The number of aromatic nitrogens is 2. The standard InChI is InChI=1S/C20H18F2N2O3/c1-2-26-17-10-6-3-7-14(17)11-12-19(25)27-13-18-23-15-8-4-5-9-16(15)24(18)20(21)22/h3-12,20H,2,13H2,1H3/b12-11+. The topological polar surface area (TPSA) is 53.4 Å². The summed E-state index contributed by atoms with van der Waals surface area (Å²) in [6.45, 7) is -0.766. The Morgan fingerprint density at radius 3 is 2.70 bits per heavy atom. The summed E-state index contributed by atoms with van der Waals surface area (Å²) in [6, 6.07) is 13.8. The number of para-hydroxylation sites is 3. The monoisotopic (exact) mass is 372 g/mol. The fourth-order valence-corrected chi connectivity index (χ4v) is 2.66. The molecule has 0 N–H and O–H groups in total.